The maximum atomic E-state index is 13.0. The third-order valence-corrected chi connectivity index (χ3v) is 6.85. The molecule has 8 nitrogen and oxygen atoms in total. The van der Waals surface area contributed by atoms with Gasteiger partial charge in [0.25, 0.3) is 10.0 Å². The molecule has 0 unspecified atom stereocenters. The summed E-state index contributed by atoms with van der Waals surface area (Å²) in [5.41, 5.74) is 2.65. The zero-order valence-corrected chi connectivity index (χ0v) is 16.9. The molecule has 4 rings (SSSR count). The van der Waals surface area contributed by atoms with E-state index >= 15 is 0 Å². The first-order chi connectivity index (χ1) is 13.4. The number of nitrogens with zero attached hydrogens (tertiary/aromatic N) is 4. The molecular formula is C19H22N4O4S. The van der Waals surface area contributed by atoms with Crippen LogP contribution in [0.1, 0.15) is 16.8 Å². The second-order valence-electron chi connectivity index (χ2n) is 6.88. The van der Waals surface area contributed by atoms with Crippen molar-refractivity contribution < 1.29 is 17.4 Å². The van der Waals surface area contributed by atoms with Crippen LogP contribution in [0.2, 0.25) is 0 Å². The molecule has 0 N–H and O–H groups in total. The summed E-state index contributed by atoms with van der Waals surface area (Å²) in [5, 5.41) is 3.81. The summed E-state index contributed by atoms with van der Waals surface area (Å²) in [6.45, 7) is 7.57. The van der Waals surface area contributed by atoms with E-state index in [9.17, 15) is 8.42 Å². The number of aryl methyl sites for hydroxylation is 2. The summed E-state index contributed by atoms with van der Waals surface area (Å²) in [5.74, 6) is 1.71. The van der Waals surface area contributed by atoms with Crippen LogP contribution in [0.4, 0.5) is 5.82 Å². The summed E-state index contributed by atoms with van der Waals surface area (Å²) in [6, 6.07) is 6.97. The quantitative estimate of drug-likeness (QED) is 0.662. The Labute approximate surface area is 163 Å². The fraction of sp³-hybridized carbons (Fsp3) is 0.368. The van der Waals surface area contributed by atoms with Crippen molar-refractivity contribution in [3.05, 3.63) is 47.3 Å². The van der Waals surface area contributed by atoms with Gasteiger partial charge in [-0.05, 0) is 44.5 Å². The molecule has 1 saturated heterocycles. The Balaban J connectivity index is 1.51. The van der Waals surface area contributed by atoms with Crippen LogP contribution in [-0.2, 0) is 10.0 Å². The zero-order valence-electron chi connectivity index (χ0n) is 16.0. The summed E-state index contributed by atoms with van der Waals surface area (Å²) in [7, 11) is -3.71. The molecule has 1 aliphatic rings. The van der Waals surface area contributed by atoms with Crippen LogP contribution in [0.15, 0.2) is 44.5 Å². The number of pyridine rings is 1. The van der Waals surface area contributed by atoms with Crippen molar-refractivity contribution in [1.82, 2.24) is 14.4 Å². The number of rotatable bonds is 4. The lowest BCUT2D eigenvalue weighted by atomic mass is 10.2. The molecule has 0 bridgehead atoms. The van der Waals surface area contributed by atoms with Gasteiger partial charge in [-0.25, -0.2) is 13.4 Å². The summed E-state index contributed by atoms with van der Waals surface area (Å²) in [4.78, 5) is 6.52. The Kier molecular flexibility index (Phi) is 4.72. The highest BCUT2D eigenvalue weighted by Crippen LogP contribution is 2.30. The summed E-state index contributed by atoms with van der Waals surface area (Å²) < 4.78 is 38.3. The molecule has 3 aromatic rings. The van der Waals surface area contributed by atoms with Crippen LogP contribution in [0.5, 0.6) is 0 Å². The highest BCUT2D eigenvalue weighted by atomic mass is 32.2. The number of aromatic nitrogens is 2. The van der Waals surface area contributed by atoms with Gasteiger partial charge in [-0.1, -0.05) is 11.2 Å². The maximum absolute atomic E-state index is 13.0. The van der Waals surface area contributed by atoms with Gasteiger partial charge in [-0.15, -0.1) is 0 Å². The fourth-order valence-corrected chi connectivity index (χ4v) is 4.64. The highest BCUT2D eigenvalue weighted by molar-refractivity contribution is 7.89. The number of piperazine rings is 1. The minimum atomic E-state index is -3.71. The van der Waals surface area contributed by atoms with Gasteiger partial charge >= 0.3 is 0 Å². The number of hydrogen-bond acceptors (Lipinski definition) is 7. The lowest BCUT2D eigenvalue weighted by Gasteiger charge is -2.34. The molecule has 0 amide bonds. The normalized spacial score (nSPS) is 15.9. The van der Waals surface area contributed by atoms with Gasteiger partial charge in [-0.2, -0.15) is 4.31 Å². The second-order valence-corrected chi connectivity index (χ2v) is 8.74. The average molecular weight is 402 g/mol. The molecule has 148 valence electrons. The largest absolute Gasteiger partial charge is 0.440 e. The van der Waals surface area contributed by atoms with Crippen molar-refractivity contribution in [1.29, 1.82) is 0 Å². The molecule has 0 aliphatic carbocycles. The minimum absolute atomic E-state index is 0.0848. The van der Waals surface area contributed by atoms with Crippen molar-refractivity contribution >= 4 is 15.8 Å². The van der Waals surface area contributed by atoms with Gasteiger partial charge in [0.1, 0.15) is 5.82 Å². The van der Waals surface area contributed by atoms with E-state index < -0.39 is 10.0 Å². The molecule has 1 aliphatic heterocycles. The topological polar surface area (TPSA) is 92.7 Å². The average Bonchev–Trinajstić information content (AvgIpc) is 3.30. The van der Waals surface area contributed by atoms with E-state index in [1.54, 1.807) is 12.3 Å². The third-order valence-electron chi connectivity index (χ3n) is 5.08. The highest BCUT2D eigenvalue weighted by Gasteiger charge is 2.32. The lowest BCUT2D eigenvalue weighted by molar-refractivity contribution is 0.358. The Morgan fingerprint density at radius 1 is 1.04 bits per heavy atom. The molecule has 0 saturated carbocycles. The van der Waals surface area contributed by atoms with Crippen LogP contribution < -0.4 is 4.90 Å². The lowest BCUT2D eigenvalue weighted by Crippen LogP contribution is -2.49. The second kappa shape index (κ2) is 7.06. The Morgan fingerprint density at radius 2 is 1.79 bits per heavy atom. The third kappa shape index (κ3) is 3.20. The van der Waals surface area contributed by atoms with E-state index in [2.05, 4.69) is 15.0 Å². The first kappa shape index (κ1) is 18.7. The number of anilines is 1. The van der Waals surface area contributed by atoms with Crippen LogP contribution in [0.25, 0.3) is 11.5 Å². The molecule has 4 heterocycles. The SMILES string of the molecule is Cc1cccnc1N1CCN(S(=O)(=O)c2ccc(-c3onc(C)c3C)o2)CC1. The first-order valence-corrected chi connectivity index (χ1v) is 10.5. The molecular weight excluding hydrogens is 380 g/mol. The van der Waals surface area contributed by atoms with Crippen LogP contribution in [0, 0.1) is 20.8 Å². The predicted molar refractivity (Wildman–Crippen MR) is 104 cm³/mol. The Hall–Kier alpha value is -2.65. The molecule has 3 aromatic heterocycles. The van der Waals surface area contributed by atoms with Crippen molar-refractivity contribution in [2.45, 2.75) is 25.9 Å². The minimum Gasteiger partial charge on any atom is -0.440 e. The Bertz CT molecular complexity index is 1090. The molecule has 0 atom stereocenters. The van der Waals surface area contributed by atoms with E-state index in [0.29, 0.717) is 37.7 Å². The van der Waals surface area contributed by atoms with E-state index in [4.69, 9.17) is 8.94 Å². The Morgan fingerprint density at radius 3 is 2.43 bits per heavy atom. The van der Waals surface area contributed by atoms with Gasteiger partial charge in [0.2, 0.25) is 10.9 Å². The smallest absolute Gasteiger partial charge is 0.276 e. The zero-order chi connectivity index (χ0) is 19.9. The monoisotopic (exact) mass is 402 g/mol. The van der Waals surface area contributed by atoms with Gasteiger partial charge in [-0.3, -0.25) is 0 Å². The van der Waals surface area contributed by atoms with Crippen molar-refractivity contribution in [3.8, 4) is 11.5 Å². The first-order valence-electron chi connectivity index (χ1n) is 9.07. The standard InChI is InChI=1S/C19H22N4O4S/c1-13-5-4-8-20-19(13)22-9-11-23(12-10-22)28(24,25)17-7-6-16(26-17)18-14(2)15(3)21-27-18/h4-8H,9-12H2,1-3H3. The van der Waals surface area contributed by atoms with Crippen LogP contribution in [-0.4, -0.2) is 49.0 Å². The summed E-state index contributed by atoms with van der Waals surface area (Å²) in [6.07, 6.45) is 1.75. The van der Waals surface area contributed by atoms with Gasteiger partial charge in [0.15, 0.2) is 5.76 Å². The molecule has 28 heavy (non-hydrogen) atoms. The van der Waals surface area contributed by atoms with Crippen LogP contribution in [0.3, 0.4) is 0 Å². The van der Waals surface area contributed by atoms with E-state index in [-0.39, 0.29) is 5.09 Å². The number of sulfonamides is 1. The number of furan rings is 1. The molecule has 0 aromatic carbocycles. The van der Waals surface area contributed by atoms with Gasteiger partial charge in [0.05, 0.1) is 5.69 Å². The maximum Gasteiger partial charge on any atom is 0.276 e. The van der Waals surface area contributed by atoms with Crippen molar-refractivity contribution in [2.24, 2.45) is 0 Å². The molecule has 0 spiro atoms. The van der Waals surface area contributed by atoms with Crippen LogP contribution >= 0.6 is 0 Å². The van der Waals surface area contributed by atoms with Crippen molar-refractivity contribution in [2.75, 3.05) is 31.1 Å². The predicted octanol–water partition coefficient (Wildman–Crippen LogP) is 2.77. The van der Waals surface area contributed by atoms with E-state index in [0.717, 1.165) is 22.6 Å². The van der Waals surface area contributed by atoms with E-state index in [1.807, 2.05) is 32.9 Å². The summed E-state index contributed by atoms with van der Waals surface area (Å²) >= 11 is 0. The van der Waals surface area contributed by atoms with E-state index in [1.165, 1.54) is 10.4 Å². The molecule has 0 radical (unpaired) electrons. The van der Waals surface area contributed by atoms with Gasteiger partial charge < -0.3 is 13.8 Å². The molecule has 9 heteroatoms. The van der Waals surface area contributed by atoms with Crippen molar-refractivity contribution in [3.63, 3.8) is 0 Å². The molecule has 1 fully saturated rings. The van der Waals surface area contributed by atoms with Gasteiger partial charge in [0, 0.05) is 37.9 Å². The number of hydrogen-bond donors (Lipinski definition) is 0. The fourth-order valence-electron chi connectivity index (χ4n) is 3.30.